The van der Waals surface area contributed by atoms with Crippen LogP contribution < -0.4 is 0 Å². The van der Waals surface area contributed by atoms with Crippen LogP contribution in [0.2, 0.25) is 0 Å². The highest BCUT2D eigenvalue weighted by molar-refractivity contribution is 7.99. The van der Waals surface area contributed by atoms with Gasteiger partial charge in [0.15, 0.2) is 0 Å². The summed E-state index contributed by atoms with van der Waals surface area (Å²) in [6.45, 7) is -0.157. The molecule has 0 spiro atoms. The molecule has 0 radical (unpaired) electrons. The molecule has 0 saturated heterocycles. The zero-order chi connectivity index (χ0) is 10.9. The summed E-state index contributed by atoms with van der Waals surface area (Å²) in [7, 11) is 0. The van der Waals surface area contributed by atoms with Crippen molar-refractivity contribution in [3.05, 3.63) is 42.0 Å². The van der Waals surface area contributed by atoms with Gasteiger partial charge >= 0.3 is 0 Å². The maximum absolute atomic E-state index is 9.08. The fourth-order valence-corrected chi connectivity index (χ4v) is 1.82. The monoisotopic (exact) mass is 224 g/mol. The third-order valence-corrected chi connectivity index (χ3v) is 2.89. The summed E-state index contributed by atoms with van der Waals surface area (Å²) in [5.74, 6) is 1.43. The van der Waals surface area contributed by atoms with Crippen molar-refractivity contribution in [2.45, 2.75) is 6.10 Å². The topological polar surface area (TPSA) is 40.5 Å². The second-order valence-corrected chi connectivity index (χ2v) is 4.26. The minimum atomic E-state index is -0.597. The number of aliphatic hydroxyl groups is 2. The fourth-order valence-electron chi connectivity index (χ4n) is 1.07. The van der Waals surface area contributed by atoms with E-state index in [1.807, 2.05) is 30.3 Å². The first-order valence-corrected chi connectivity index (χ1v) is 6.06. The van der Waals surface area contributed by atoms with Crippen LogP contribution >= 0.6 is 11.8 Å². The normalized spacial score (nSPS) is 13.2. The molecule has 3 heteroatoms. The highest BCUT2D eigenvalue weighted by Gasteiger charge is 1.99. The third kappa shape index (κ3) is 5.62. The van der Waals surface area contributed by atoms with Crippen molar-refractivity contribution in [2.75, 3.05) is 18.1 Å². The number of rotatable bonds is 6. The van der Waals surface area contributed by atoms with Crippen LogP contribution in [0.25, 0.3) is 6.08 Å². The molecule has 0 aliphatic heterocycles. The van der Waals surface area contributed by atoms with E-state index in [4.69, 9.17) is 10.2 Å². The Morgan fingerprint density at radius 3 is 2.67 bits per heavy atom. The third-order valence-electron chi connectivity index (χ3n) is 1.84. The predicted octanol–water partition coefficient (Wildman–Crippen LogP) is 1.79. The van der Waals surface area contributed by atoms with Crippen LogP contribution in [0, 0.1) is 0 Å². The van der Waals surface area contributed by atoms with Crippen LogP contribution in [0.15, 0.2) is 36.4 Å². The summed E-state index contributed by atoms with van der Waals surface area (Å²) < 4.78 is 0. The van der Waals surface area contributed by atoms with Gasteiger partial charge in [-0.05, 0) is 5.56 Å². The Morgan fingerprint density at radius 2 is 2.00 bits per heavy atom. The lowest BCUT2D eigenvalue weighted by molar-refractivity contribution is 0.113. The summed E-state index contributed by atoms with van der Waals surface area (Å²) in [6, 6.07) is 10.1. The van der Waals surface area contributed by atoms with E-state index in [1.165, 1.54) is 5.56 Å². The zero-order valence-corrected chi connectivity index (χ0v) is 9.36. The van der Waals surface area contributed by atoms with E-state index in [1.54, 1.807) is 11.8 Å². The molecule has 0 amide bonds. The number of thioether (sulfide) groups is 1. The maximum Gasteiger partial charge on any atom is 0.0861 e. The minimum Gasteiger partial charge on any atom is -0.394 e. The Hall–Kier alpha value is -0.770. The summed E-state index contributed by atoms with van der Waals surface area (Å²) in [6.07, 6.45) is 3.52. The summed E-state index contributed by atoms with van der Waals surface area (Å²) in [4.78, 5) is 0. The Labute approximate surface area is 94.6 Å². The van der Waals surface area contributed by atoms with E-state index >= 15 is 0 Å². The van der Waals surface area contributed by atoms with Crippen molar-refractivity contribution in [3.8, 4) is 0 Å². The number of benzene rings is 1. The molecule has 0 fully saturated rings. The van der Waals surface area contributed by atoms with Crippen LogP contribution in [0.3, 0.4) is 0 Å². The second kappa shape index (κ2) is 7.51. The molecule has 2 nitrogen and oxygen atoms in total. The van der Waals surface area contributed by atoms with Crippen molar-refractivity contribution in [3.63, 3.8) is 0 Å². The lowest BCUT2D eigenvalue weighted by Gasteiger charge is -2.03. The molecule has 1 unspecified atom stereocenters. The summed E-state index contributed by atoms with van der Waals surface area (Å²) >= 11 is 1.61. The van der Waals surface area contributed by atoms with Gasteiger partial charge in [0.2, 0.25) is 0 Å². The van der Waals surface area contributed by atoms with Crippen LogP contribution in [0.5, 0.6) is 0 Å². The molecule has 15 heavy (non-hydrogen) atoms. The number of aliphatic hydroxyl groups excluding tert-OH is 2. The van der Waals surface area contributed by atoms with Crippen molar-refractivity contribution < 1.29 is 10.2 Å². The smallest absolute Gasteiger partial charge is 0.0861 e. The van der Waals surface area contributed by atoms with Gasteiger partial charge in [0.1, 0.15) is 0 Å². The Bertz CT molecular complexity index is 285. The van der Waals surface area contributed by atoms with Crippen LogP contribution in [-0.2, 0) is 0 Å². The van der Waals surface area contributed by atoms with Crippen molar-refractivity contribution in [2.24, 2.45) is 0 Å². The van der Waals surface area contributed by atoms with Crippen molar-refractivity contribution in [1.29, 1.82) is 0 Å². The van der Waals surface area contributed by atoms with Crippen molar-refractivity contribution >= 4 is 17.8 Å². The summed E-state index contributed by atoms with van der Waals surface area (Å²) in [5.41, 5.74) is 1.18. The number of hydrogen-bond acceptors (Lipinski definition) is 3. The molecule has 0 aliphatic carbocycles. The Kier molecular flexibility index (Phi) is 6.16. The zero-order valence-electron chi connectivity index (χ0n) is 8.54. The van der Waals surface area contributed by atoms with Crippen LogP contribution in [-0.4, -0.2) is 34.4 Å². The largest absolute Gasteiger partial charge is 0.394 e. The SMILES string of the molecule is OCC(O)CSCC=Cc1ccccc1. The van der Waals surface area contributed by atoms with E-state index in [-0.39, 0.29) is 6.61 Å². The van der Waals surface area contributed by atoms with E-state index in [0.717, 1.165) is 5.75 Å². The van der Waals surface area contributed by atoms with Gasteiger partial charge in [-0.25, -0.2) is 0 Å². The highest BCUT2D eigenvalue weighted by Crippen LogP contribution is 2.06. The predicted molar refractivity (Wildman–Crippen MR) is 65.9 cm³/mol. The van der Waals surface area contributed by atoms with Crippen LogP contribution in [0.4, 0.5) is 0 Å². The van der Waals surface area contributed by atoms with Crippen LogP contribution in [0.1, 0.15) is 5.56 Å². The van der Waals surface area contributed by atoms with E-state index in [9.17, 15) is 0 Å². The molecule has 82 valence electrons. The Balaban J connectivity index is 2.18. The molecule has 0 aliphatic rings. The maximum atomic E-state index is 9.08. The standard InChI is InChI=1S/C12H16O2S/c13-9-12(14)10-15-8-4-7-11-5-2-1-3-6-11/h1-7,12-14H,8-10H2. The first-order chi connectivity index (χ1) is 7.33. The molecule has 0 aromatic heterocycles. The van der Waals surface area contributed by atoms with Gasteiger partial charge in [0, 0.05) is 11.5 Å². The lowest BCUT2D eigenvalue weighted by atomic mass is 10.2. The molecule has 1 rings (SSSR count). The van der Waals surface area contributed by atoms with Crippen molar-refractivity contribution in [1.82, 2.24) is 0 Å². The molecule has 1 atom stereocenters. The van der Waals surface area contributed by atoms with E-state index in [0.29, 0.717) is 5.75 Å². The van der Waals surface area contributed by atoms with Gasteiger partial charge in [-0.1, -0.05) is 42.5 Å². The molecular formula is C12H16O2S. The average molecular weight is 224 g/mol. The quantitative estimate of drug-likeness (QED) is 0.724. The molecule has 2 N–H and O–H groups in total. The van der Waals surface area contributed by atoms with E-state index < -0.39 is 6.10 Å². The minimum absolute atomic E-state index is 0.157. The molecule has 0 saturated carbocycles. The van der Waals surface area contributed by atoms with Gasteiger partial charge in [-0.2, -0.15) is 11.8 Å². The van der Waals surface area contributed by atoms with Gasteiger partial charge in [-0.15, -0.1) is 0 Å². The number of hydrogen-bond donors (Lipinski definition) is 2. The van der Waals surface area contributed by atoms with Gasteiger partial charge in [-0.3, -0.25) is 0 Å². The lowest BCUT2D eigenvalue weighted by Crippen LogP contribution is -2.14. The molecule has 0 heterocycles. The van der Waals surface area contributed by atoms with Gasteiger partial charge in [0.05, 0.1) is 12.7 Å². The fraction of sp³-hybridized carbons (Fsp3) is 0.333. The summed E-state index contributed by atoms with van der Waals surface area (Å²) in [5, 5.41) is 17.7. The van der Waals surface area contributed by atoms with Gasteiger partial charge < -0.3 is 10.2 Å². The second-order valence-electron chi connectivity index (χ2n) is 3.19. The highest BCUT2D eigenvalue weighted by atomic mass is 32.2. The molecule has 0 bridgehead atoms. The molecule has 1 aromatic carbocycles. The molecule has 1 aromatic rings. The Morgan fingerprint density at radius 1 is 1.27 bits per heavy atom. The average Bonchev–Trinajstić information content (AvgIpc) is 2.29. The van der Waals surface area contributed by atoms with E-state index in [2.05, 4.69) is 12.2 Å². The molecular weight excluding hydrogens is 208 g/mol. The van der Waals surface area contributed by atoms with Gasteiger partial charge in [0.25, 0.3) is 0 Å². The first kappa shape index (κ1) is 12.3. The first-order valence-electron chi connectivity index (χ1n) is 4.91.